The van der Waals surface area contributed by atoms with Gasteiger partial charge in [0.05, 0.1) is 18.0 Å². The van der Waals surface area contributed by atoms with E-state index in [-0.39, 0.29) is 11.8 Å². The van der Waals surface area contributed by atoms with Gasteiger partial charge in [0.25, 0.3) is 0 Å². The zero-order valence-corrected chi connectivity index (χ0v) is 12.4. The van der Waals surface area contributed by atoms with Crippen LogP contribution < -0.4 is 5.32 Å². The fourth-order valence-corrected chi connectivity index (χ4v) is 3.18. The van der Waals surface area contributed by atoms with Crippen molar-refractivity contribution < 1.29 is 9.53 Å². The SMILES string of the molecule is O=C(Nc1ccc2ncccc2c1)C1CN(C2CCOC2)C1. The summed E-state index contributed by atoms with van der Waals surface area (Å²) < 4.78 is 5.40. The molecule has 4 rings (SSSR count). The summed E-state index contributed by atoms with van der Waals surface area (Å²) in [7, 11) is 0. The maximum absolute atomic E-state index is 12.3. The maximum Gasteiger partial charge on any atom is 0.230 e. The molecule has 3 heterocycles. The lowest BCUT2D eigenvalue weighted by Gasteiger charge is -2.41. The third kappa shape index (κ3) is 2.58. The Kier molecular flexibility index (Phi) is 3.52. The number of nitrogens with zero attached hydrogens (tertiary/aromatic N) is 2. The van der Waals surface area contributed by atoms with Gasteiger partial charge < -0.3 is 10.1 Å². The molecule has 0 aliphatic carbocycles. The second-order valence-electron chi connectivity index (χ2n) is 6.07. The summed E-state index contributed by atoms with van der Waals surface area (Å²) >= 11 is 0. The number of rotatable bonds is 3. The molecule has 1 aromatic carbocycles. The van der Waals surface area contributed by atoms with Crippen LogP contribution in [0.3, 0.4) is 0 Å². The van der Waals surface area contributed by atoms with Crippen molar-refractivity contribution in [2.45, 2.75) is 12.5 Å². The van der Waals surface area contributed by atoms with Crippen molar-refractivity contribution in [3.05, 3.63) is 36.5 Å². The van der Waals surface area contributed by atoms with Crippen LogP contribution >= 0.6 is 0 Å². The number of aromatic nitrogens is 1. The van der Waals surface area contributed by atoms with Gasteiger partial charge in [-0.1, -0.05) is 6.07 Å². The van der Waals surface area contributed by atoms with Gasteiger partial charge in [-0.2, -0.15) is 0 Å². The monoisotopic (exact) mass is 297 g/mol. The number of anilines is 1. The molecule has 0 radical (unpaired) electrons. The number of fused-ring (bicyclic) bond motifs is 1. The predicted octanol–water partition coefficient (Wildman–Crippen LogP) is 1.89. The van der Waals surface area contributed by atoms with Crippen molar-refractivity contribution in [1.82, 2.24) is 9.88 Å². The molecule has 1 amide bonds. The van der Waals surface area contributed by atoms with Crippen molar-refractivity contribution in [3.8, 4) is 0 Å². The summed E-state index contributed by atoms with van der Waals surface area (Å²) in [6.07, 6.45) is 2.86. The summed E-state index contributed by atoms with van der Waals surface area (Å²) in [4.78, 5) is 18.9. The summed E-state index contributed by atoms with van der Waals surface area (Å²) in [5.41, 5.74) is 1.78. The smallest absolute Gasteiger partial charge is 0.230 e. The molecule has 0 saturated carbocycles. The van der Waals surface area contributed by atoms with Crippen LogP contribution in [0, 0.1) is 5.92 Å². The van der Waals surface area contributed by atoms with E-state index in [1.807, 2.05) is 30.3 Å². The summed E-state index contributed by atoms with van der Waals surface area (Å²) in [6.45, 7) is 3.35. The van der Waals surface area contributed by atoms with E-state index in [0.29, 0.717) is 6.04 Å². The maximum atomic E-state index is 12.3. The van der Waals surface area contributed by atoms with E-state index in [1.54, 1.807) is 6.20 Å². The Balaban J connectivity index is 1.37. The lowest BCUT2D eigenvalue weighted by atomic mass is 9.96. The fourth-order valence-electron chi connectivity index (χ4n) is 3.18. The molecule has 5 nitrogen and oxygen atoms in total. The van der Waals surface area contributed by atoms with E-state index < -0.39 is 0 Å². The lowest BCUT2D eigenvalue weighted by molar-refractivity contribution is -0.126. The molecular formula is C17H19N3O2. The molecule has 1 aromatic heterocycles. The van der Waals surface area contributed by atoms with Crippen LogP contribution in [0.25, 0.3) is 10.9 Å². The second kappa shape index (κ2) is 5.66. The van der Waals surface area contributed by atoms with Crippen LogP contribution in [0.2, 0.25) is 0 Å². The van der Waals surface area contributed by atoms with Gasteiger partial charge in [0.1, 0.15) is 0 Å². The van der Waals surface area contributed by atoms with Crippen LogP contribution in [-0.4, -0.2) is 48.1 Å². The first-order chi connectivity index (χ1) is 10.8. The highest BCUT2D eigenvalue weighted by molar-refractivity contribution is 5.95. The van der Waals surface area contributed by atoms with Crippen molar-refractivity contribution in [2.24, 2.45) is 5.92 Å². The first-order valence-corrected chi connectivity index (χ1v) is 7.77. The summed E-state index contributed by atoms with van der Waals surface area (Å²) in [5, 5.41) is 4.06. The Bertz CT molecular complexity index is 691. The number of carbonyl (C=O) groups is 1. The van der Waals surface area contributed by atoms with Gasteiger partial charge in [0.15, 0.2) is 0 Å². The molecular weight excluding hydrogens is 278 g/mol. The third-order valence-electron chi connectivity index (χ3n) is 4.57. The second-order valence-corrected chi connectivity index (χ2v) is 6.07. The van der Waals surface area contributed by atoms with E-state index in [9.17, 15) is 4.79 Å². The highest BCUT2D eigenvalue weighted by Gasteiger charge is 2.37. The Hall–Kier alpha value is -1.98. The number of hydrogen-bond donors (Lipinski definition) is 1. The Morgan fingerprint density at radius 3 is 3.05 bits per heavy atom. The highest BCUT2D eigenvalue weighted by atomic mass is 16.5. The molecule has 22 heavy (non-hydrogen) atoms. The van der Waals surface area contributed by atoms with Crippen molar-refractivity contribution in [1.29, 1.82) is 0 Å². The molecule has 2 aliphatic heterocycles. The Labute approximate surface area is 129 Å². The topological polar surface area (TPSA) is 54.5 Å². The lowest BCUT2D eigenvalue weighted by Crippen LogP contribution is -2.56. The number of amides is 1. The summed E-state index contributed by atoms with van der Waals surface area (Å²) in [6, 6.07) is 10.2. The standard InChI is InChI=1S/C17H19N3O2/c21-17(13-9-20(10-13)15-5-7-22-11-15)19-14-3-4-16-12(8-14)2-1-6-18-16/h1-4,6,8,13,15H,5,7,9-11H2,(H,19,21). The average Bonchev–Trinajstić information content (AvgIpc) is 2.99. The Morgan fingerprint density at radius 1 is 1.32 bits per heavy atom. The molecule has 5 heteroatoms. The molecule has 1 unspecified atom stereocenters. The molecule has 2 fully saturated rings. The molecule has 0 spiro atoms. The van der Waals surface area contributed by atoms with Crippen molar-refractivity contribution in [3.63, 3.8) is 0 Å². The Morgan fingerprint density at radius 2 is 2.23 bits per heavy atom. The largest absolute Gasteiger partial charge is 0.380 e. The van der Waals surface area contributed by atoms with E-state index in [2.05, 4.69) is 15.2 Å². The van der Waals surface area contributed by atoms with Gasteiger partial charge in [0, 0.05) is 43.0 Å². The molecule has 114 valence electrons. The van der Waals surface area contributed by atoms with E-state index in [0.717, 1.165) is 49.3 Å². The zero-order valence-electron chi connectivity index (χ0n) is 12.4. The minimum absolute atomic E-state index is 0.0881. The van der Waals surface area contributed by atoms with Crippen molar-refractivity contribution in [2.75, 3.05) is 31.6 Å². The van der Waals surface area contributed by atoms with Crippen LogP contribution in [0.1, 0.15) is 6.42 Å². The number of nitrogens with one attached hydrogen (secondary N) is 1. The predicted molar refractivity (Wildman–Crippen MR) is 84.7 cm³/mol. The van der Waals surface area contributed by atoms with Gasteiger partial charge in [-0.25, -0.2) is 0 Å². The number of hydrogen-bond acceptors (Lipinski definition) is 4. The minimum Gasteiger partial charge on any atom is -0.380 e. The molecule has 2 aromatic rings. The quantitative estimate of drug-likeness (QED) is 0.940. The molecule has 0 bridgehead atoms. The number of likely N-dealkylation sites (tertiary alicyclic amines) is 1. The van der Waals surface area contributed by atoms with Gasteiger partial charge in [-0.15, -0.1) is 0 Å². The molecule has 2 saturated heterocycles. The number of carbonyl (C=O) groups excluding carboxylic acids is 1. The number of benzene rings is 1. The molecule has 1 N–H and O–H groups in total. The summed E-state index contributed by atoms with van der Waals surface area (Å²) in [5.74, 6) is 0.198. The van der Waals surface area contributed by atoms with Crippen LogP contribution in [0.5, 0.6) is 0 Å². The average molecular weight is 297 g/mol. The number of pyridine rings is 1. The van der Waals surface area contributed by atoms with Crippen molar-refractivity contribution >= 4 is 22.5 Å². The van der Waals surface area contributed by atoms with Crippen LogP contribution in [-0.2, 0) is 9.53 Å². The first kappa shape index (κ1) is 13.7. The van der Waals surface area contributed by atoms with Gasteiger partial charge in [-0.3, -0.25) is 14.7 Å². The van der Waals surface area contributed by atoms with Crippen LogP contribution in [0.15, 0.2) is 36.5 Å². The minimum atomic E-state index is 0.0881. The normalized spacial score (nSPS) is 22.6. The molecule has 2 aliphatic rings. The van der Waals surface area contributed by atoms with E-state index in [4.69, 9.17) is 4.74 Å². The van der Waals surface area contributed by atoms with Gasteiger partial charge in [-0.05, 0) is 30.7 Å². The van der Waals surface area contributed by atoms with Gasteiger partial charge in [0.2, 0.25) is 5.91 Å². The highest BCUT2D eigenvalue weighted by Crippen LogP contribution is 2.25. The van der Waals surface area contributed by atoms with Gasteiger partial charge >= 0.3 is 0 Å². The zero-order chi connectivity index (χ0) is 14.9. The van der Waals surface area contributed by atoms with E-state index >= 15 is 0 Å². The third-order valence-corrected chi connectivity index (χ3v) is 4.57. The number of ether oxygens (including phenoxy) is 1. The van der Waals surface area contributed by atoms with Crippen LogP contribution in [0.4, 0.5) is 5.69 Å². The molecule has 1 atom stereocenters. The first-order valence-electron chi connectivity index (χ1n) is 7.77. The van der Waals surface area contributed by atoms with E-state index in [1.165, 1.54) is 0 Å². The fraction of sp³-hybridized carbons (Fsp3) is 0.412.